The fourth-order valence-corrected chi connectivity index (χ4v) is 18.6. The van der Waals surface area contributed by atoms with E-state index in [0.29, 0.717) is 47.7 Å². The first-order valence-corrected chi connectivity index (χ1v) is 63.4. The van der Waals surface area contributed by atoms with E-state index in [2.05, 4.69) is 181 Å². The minimum Gasteiger partial charge on any atom is -0.481 e. The molecule has 4 atom stereocenters. The zero-order chi connectivity index (χ0) is 108. The summed E-state index contributed by atoms with van der Waals surface area (Å²) < 4.78 is 5.63. The van der Waals surface area contributed by atoms with Gasteiger partial charge in [-0.25, -0.2) is 0 Å². The van der Waals surface area contributed by atoms with Gasteiger partial charge < -0.3 is 41.5 Å². The Morgan fingerprint density at radius 2 is 0.738 bits per heavy atom. The van der Waals surface area contributed by atoms with Crippen molar-refractivity contribution >= 4 is 70.4 Å². The predicted octanol–water partition coefficient (Wildman–Crippen LogP) is 40.4. The lowest BCUT2D eigenvalue weighted by Gasteiger charge is -2.26. The Balaban J connectivity index is -0.000000197. The lowest BCUT2D eigenvalue weighted by atomic mass is 9.79. The molecular formula is C125H241BrClN3O9SSi. The maximum Gasteiger partial charge on any atom is 0.306 e. The zero-order valence-electron chi connectivity index (χ0n) is 96.6. The van der Waals surface area contributed by atoms with Gasteiger partial charge in [0.15, 0.2) is 5.12 Å². The number of carboxylic acids is 3. The monoisotopic (exact) mass is 2100 g/mol. The first-order chi connectivity index (χ1) is 67.1. The van der Waals surface area contributed by atoms with Gasteiger partial charge in [-0.05, 0) is 314 Å². The number of carbonyl (C=O) groups excluding carboxylic acids is 1. The second-order valence-corrected chi connectivity index (χ2v) is 51.6. The molecule has 0 radical (unpaired) electrons. The third-order valence-electron chi connectivity index (χ3n) is 24.0. The van der Waals surface area contributed by atoms with Crippen LogP contribution < -0.4 is 16.4 Å². The van der Waals surface area contributed by atoms with E-state index in [0.717, 1.165) is 109 Å². The summed E-state index contributed by atoms with van der Waals surface area (Å²) in [7, 11) is 3.30. The number of aliphatic carboxylic acids is 3. The molecule has 8 N–H and O–H groups in total. The standard InChI is InChI=1S/C17H32O.C16H30BrCl.C15H28O2.C14H29N.C13H27N.C11H23N.C11H18O2.C10H22Si.C9H14O3S.C9H18O/c1-4-5-6-7-9-12-15-18-16-13-10-8-11-14-17(2)3;1-4-5-6-9-15(17)10-7-8-11-16(18)13-12-14(2)3;1-14(2)12-10-8-6-4-3-5-7-9-11-13-15(16)17;1-14(2)12-10-8-6-4-5-7-9-11-13-15-3;1-13(2)11-9-7-5-4-6-8-10-12-14-3;1-11(2)9-7-5-3-4-6-8-10-12;1-8(2)6-9-4-3-5-10(7-9)11(12)13;1-10(2)8-6-7-9-11(3,4)5;1-7(2)6-9(12)13-5-3-4-8(10)11;1-9(2)7-5-3-4-6-8-10/h4H,1-2,5-16H2,3H3;15-16H,2,4-13H2,1,3H3;1,3-13H2,2H3,(H,16,17);15H,1,4-13H2,2-3H3;14H,1,4-12H2,2-3H3;1,3-10,12H2,2H3;9-10H,1,3-7H2,2H3,(H,12,13);1,6-9H2,2-5H3;1,3-6H2,2H3,(H,10,11);10H,1,3-8H2,2H3. The number of hydrogen-bond acceptors (Lipinski definition) is 10. The zero-order valence-corrected chi connectivity index (χ0v) is 101. The molecule has 1 aliphatic carbocycles. The lowest BCUT2D eigenvalue weighted by molar-refractivity contribution is -0.143. The molecule has 0 aliphatic heterocycles. The van der Waals surface area contributed by atoms with E-state index in [1.54, 1.807) is 6.92 Å². The molecule has 0 spiro atoms. The highest BCUT2D eigenvalue weighted by atomic mass is 79.9. The number of rotatable bonds is 87. The van der Waals surface area contributed by atoms with Crippen molar-refractivity contribution in [1.29, 1.82) is 0 Å². The van der Waals surface area contributed by atoms with Crippen LogP contribution in [0.1, 0.15) is 532 Å². The van der Waals surface area contributed by atoms with Gasteiger partial charge in [0.1, 0.15) is 0 Å². The summed E-state index contributed by atoms with van der Waals surface area (Å²) in [6.07, 6.45) is 87.7. The van der Waals surface area contributed by atoms with Crippen molar-refractivity contribution in [2.75, 3.05) is 59.3 Å². The number of hydrogen-bond donors (Lipinski definition) is 7. The molecule has 1 fully saturated rings. The van der Waals surface area contributed by atoms with Crippen molar-refractivity contribution in [1.82, 2.24) is 10.6 Å². The van der Waals surface area contributed by atoms with E-state index in [1.807, 2.05) is 27.1 Å². The number of nitrogens with one attached hydrogen (secondary N) is 2. The van der Waals surface area contributed by atoms with Gasteiger partial charge in [0.2, 0.25) is 0 Å². The van der Waals surface area contributed by atoms with Gasteiger partial charge in [0.25, 0.3) is 0 Å². The van der Waals surface area contributed by atoms with E-state index in [9.17, 15) is 19.2 Å². The van der Waals surface area contributed by atoms with Gasteiger partial charge in [0, 0.05) is 63.1 Å². The van der Waals surface area contributed by atoms with Crippen LogP contribution in [0.5, 0.6) is 0 Å². The van der Waals surface area contributed by atoms with Crippen LogP contribution in [0.4, 0.5) is 0 Å². The Bertz CT molecular complexity index is 2850. The van der Waals surface area contributed by atoms with Crippen LogP contribution in [-0.4, -0.2) is 121 Å². The molecule has 0 heterocycles. The number of aliphatic hydroxyl groups excluding tert-OH is 1. The average molecular weight is 2110 g/mol. The molecule has 0 aromatic rings. The number of carboxylic acid groups (broad SMARTS) is 3. The van der Waals surface area contributed by atoms with Gasteiger partial charge >= 0.3 is 17.9 Å². The summed E-state index contributed by atoms with van der Waals surface area (Å²) in [5.41, 5.74) is 17.9. The molecule has 1 saturated carbocycles. The van der Waals surface area contributed by atoms with Crippen molar-refractivity contribution in [3.63, 3.8) is 0 Å². The Labute approximate surface area is 898 Å². The fourth-order valence-electron chi connectivity index (χ4n) is 15.5. The topological polar surface area (TPSA) is 209 Å². The molecule has 0 saturated heterocycles. The van der Waals surface area contributed by atoms with E-state index >= 15 is 0 Å². The fraction of sp³-hybridized carbons (Fsp3) is 0.792. The van der Waals surface area contributed by atoms with Crippen LogP contribution >= 0.6 is 39.3 Å². The highest BCUT2D eigenvalue weighted by molar-refractivity contribution is 9.09. The Hall–Kier alpha value is -3.64. The Morgan fingerprint density at radius 3 is 1.06 bits per heavy atom. The number of aliphatic hydroxyl groups is 1. The summed E-state index contributed by atoms with van der Waals surface area (Å²) in [6, 6.07) is 1.47. The highest BCUT2D eigenvalue weighted by Crippen LogP contribution is 2.33. The summed E-state index contributed by atoms with van der Waals surface area (Å²) in [5.74, 6) is -1.05. The van der Waals surface area contributed by atoms with Crippen molar-refractivity contribution in [2.24, 2.45) is 17.6 Å². The van der Waals surface area contributed by atoms with Crippen LogP contribution in [-0.2, 0) is 23.9 Å². The Kier molecular flexibility index (Phi) is 139. The molecule has 0 amide bonds. The van der Waals surface area contributed by atoms with Crippen molar-refractivity contribution in [2.45, 2.75) is 568 Å². The quantitative estimate of drug-likeness (QED) is 0.0131. The number of ether oxygens (including phenoxy) is 1. The minimum atomic E-state index is -0.812. The minimum absolute atomic E-state index is 0.0675. The van der Waals surface area contributed by atoms with Crippen LogP contribution in [0.15, 0.2) is 134 Å². The van der Waals surface area contributed by atoms with Crippen LogP contribution in [0.25, 0.3) is 0 Å². The lowest BCUT2D eigenvalue weighted by Crippen LogP contribution is -2.22. The average Bonchev–Trinajstić information content (AvgIpc) is 0.887. The number of thioether (sulfide) groups is 1. The SMILES string of the molecule is C=C(C)CC(=O)SCCCC(=O)O.C=C(C)CC1CCCC(C(=O)O)C1.C=C(C)CCC(Cl)CCCCC(Br)CCCCC.C=C(C)CCCCCCCCCCCC(=O)O.C=C(C)CCCCCCCCCCNC.C=C(C)CCCCCCCCCNC.C=C(C)CCCCCCCCN.C=C(C)CCCCCCO.C=C(C)CCCC[Si](C)(C)C.C=CCCCCCCOCCCCCCC(=C)C. The van der Waals surface area contributed by atoms with Crippen LogP contribution in [0.2, 0.25) is 25.7 Å². The molecule has 0 aromatic carbocycles. The summed E-state index contributed by atoms with van der Waals surface area (Å²) in [4.78, 5) is 42.9. The van der Waals surface area contributed by atoms with Crippen molar-refractivity contribution in [3.05, 3.63) is 134 Å². The van der Waals surface area contributed by atoms with E-state index in [1.165, 1.54) is 428 Å². The van der Waals surface area contributed by atoms with Gasteiger partial charge in [-0.15, -0.1) is 77.4 Å². The first-order valence-electron chi connectivity index (χ1n) is 57.4. The van der Waals surface area contributed by atoms with Crippen molar-refractivity contribution < 1.29 is 44.3 Å². The summed E-state index contributed by atoms with van der Waals surface area (Å²) in [6.45, 7) is 78.1. The number of nitrogens with two attached hydrogens (primary N) is 1. The largest absolute Gasteiger partial charge is 0.481 e. The van der Waals surface area contributed by atoms with E-state index in [-0.39, 0.29) is 17.5 Å². The normalized spacial score (nSPS) is 12.6. The molecule has 1 aliphatic rings. The van der Waals surface area contributed by atoms with Crippen LogP contribution in [0, 0.1) is 11.8 Å². The maximum atomic E-state index is 11.1. The number of allylic oxidation sites excluding steroid dienone is 11. The third-order valence-corrected chi connectivity index (χ3v) is 28.2. The molecule has 16 heteroatoms. The smallest absolute Gasteiger partial charge is 0.306 e. The molecule has 834 valence electrons. The number of unbranched alkanes of at least 4 members (excludes halogenated alkanes) is 40. The maximum absolute atomic E-state index is 11.1. The molecule has 141 heavy (non-hydrogen) atoms. The van der Waals surface area contributed by atoms with Crippen LogP contribution in [0.3, 0.4) is 0 Å². The van der Waals surface area contributed by atoms with E-state index < -0.39 is 26.0 Å². The predicted molar refractivity (Wildman–Crippen MR) is 644 cm³/mol. The number of carbonyl (C=O) groups is 4. The Morgan fingerprint density at radius 1 is 0.411 bits per heavy atom. The van der Waals surface area contributed by atoms with Gasteiger partial charge in [-0.2, -0.15) is 0 Å². The van der Waals surface area contributed by atoms with Gasteiger partial charge in [-0.3, -0.25) is 19.2 Å². The second kappa shape index (κ2) is 127. The van der Waals surface area contributed by atoms with Gasteiger partial charge in [0.05, 0.1) is 5.92 Å². The van der Waals surface area contributed by atoms with E-state index in [4.69, 9.17) is 42.5 Å². The molecule has 4 unspecified atom stereocenters. The first kappa shape index (κ1) is 155. The molecule has 0 bridgehead atoms. The van der Waals surface area contributed by atoms with Crippen molar-refractivity contribution in [3.8, 4) is 0 Å². The molecule has 1 rings (SSSR count). The highest BCUT2D eigenvalue weighted by Gasteiger charge is 2.27. The second-order valence-electron chi connectivity index (χ2n) is 42.9. The molecular weight excluding hydrogens is 1860 g/mol. The van der Waals surface area contributed by atoms with Gasteiger partial charge in [-0.1, -0.05) is 360 Å². The molecule has 0 aromatic heterocycles. The number of alkyl halides is 2. The third kappa shape index (κ3) is 176. The number of halogens is 2. The summed E-state index contributed by atoms with van der Waals surface area (Å²) in [5, 5.41) is 40.9. The molecule has 12 nitrogen and oxygen atoms in total. The summed E-state index contributed by atoms with van der Waals surface area (Å²) >= 11 is 11.3.